The summed E-state index contributed by atoms with van der Waals surface area (Å²) in [4.78, 5) is 8.46. The van der Waals surface area contributed by atoms with Crippen molar-refractivity contribution in [1.82, 2.24) is 20.2 Å². The topological polar surface area (TPSA) is 147 Å². The maximum absolute atomic E-state index is 11.6. The number of anilines is 3. The quantitative estimate of drug-likeness (QED) is 0.312. The summed E-state index contributed by atoms with van der Waals surface area (Å²) < 4.78 is 23.2. The Bertz CT molecular complexity index is 1360. The zero-order chi connectivity index (χ0) is 24.7. The third kappa shape index (κ3) is 6.77. The molecule has 0 amide bonds. The summed E-state index contributed by atoms with van der Waals surface area (Å²) in [5.74, 6) is 0.527. The molecule has 0 bridgehead atoms. The molecule has 0 saturated heterocycles. The van der Waals surface area contributed by atoms with E-state index in [1.807, 2.05) is 43.3 Å². The normalized spacial score (nSPS) is 10.9. The van der Waals surface area contributed by atoms with E-state index in [1.165, 1.54) is 17.7 Å². The van der Waals surface area contributed by atoms with Gasteiger partial charge in [0, 0.05) is 30.4 Å². The second-order valence-electron chi connectivity index (χ2n) is 7.43. The molecule has 34 heavy (non-hydrogen) atoms. The lowest BCUT2D eigenvalue weighted by atomic mass is 10.2. The summed E-state index contributed by atoms with van der Waals surface area (Å²) in [5, 5.41) is 18.5. The Labute approximate surface area is 203 Å². The van der Waals surface area contributed by atoms with Gasteiger partial charge in [0.25, 0.3) is 0 Å². The molecular weight excluding hydrogens is 476 g/mol. The van der Waals surface area contributed by atoms with E-state index < -0.39 is 9.84 Å². The van der Waals surface area contributed by atoms with E-state index in [-0.39, 0.29) is 28.3 Å². The molecule has 178 valence electrons. The first kappa shape index (κ1) is 25.2. The lowest BCUT2D eigenvalue weighted by Gasteiger charge is -2.09. The summed E-state index contributed by atoms with van der Waals surface area (Å²) in [5.41, 5.74) is 9.88. The fourth-order valence-electron chi connectivity index (χ4n) is 2.99. The van der Waals surface area contributed by atoms with Gasteiger partial charge in [-0.2, -0.15) is 10.1 Å². The third-order valence-corrected chi connectivity index (χ3v) is 6.21. The van der Waals surface area contributed by atoms with E-state index in [1.54, 1.807) is 12.3 Å². The average Bonchev–Trinajstić information content (AvgIpc) is 3.20. The van der Waals surface area contributed by atoms with Crippen molar-refractivity contribution in [2.24, 2.45) is 0 Å². The van der Waals surface area contributed by atoms with Crippen LogP contribution in [0.1, 0.15) is 11.3 Å². The van der Waals surface area contributed by atoms with Crippen LogP contribution in [0.25, 0.3) is 11.3 Å². The van der Waals surface area contributed by atoms with E-state index >= 15 is 0 Å². The molecule has 0 atom stereocenters. The number of nitrogen functional groups attached to an aromatic ring is 1. The van der Waals surface area contributed by atoms with Crippen molar-refractivity contribution >= 4 is 38.9 Å². The molecule has 0 aliphatic rings. The Kier molecular flexibility index (Phi) is 8.21. The maximum atomic E-state index is 11.6. The van der Waals surface area contributed by atoms with E-state index in [9.17, 15) is 8.42 Å². The highest BCUT2D eigenvalue weighted by atomic mass is 35.5. The van der Waals surface area contributed by atoms with Gasteiger partial charge in [0.15, 0.2) is 9.84 Å². The van der Waals surface area contributed by atoms with E-state index in [0.717, 1.165) is 18.4 Å². The predicted octanol–water partition coefficient (Wildman–Crippen LogP) is 3.78. The number of halogens is 1. The summed E-state index contributed by atoms with van der Waals surface area (Å²) in [7, 11) is -3.38. The Morgan fingerprint density at radius 3 is 2.44 bits per heavy atom. The van der Waals surface area contributed by atoms with E-state index in [2.05, 4.69) is 25.5 Å². The highest BCUT2D eigenvalue weighted by Crippen LogP contribution is 2.27. The van der Waals surface area contributed by atoms with Crippen LogP contribution in [0.5, 0.6) is 0 Å². The Hall–Kier alpha value is -3.47. The minimum Gasteiger partial charge on any atom is -0.396 e. The zero-order valence-corrected chi connectivity index (χ0v) is 20.2. The smallest absolute Gasteiger partial charge is 0.229 e. The van der Waals surface area contributed by atoms with E-state index in [0.29, 0.717) is 16.9 Å². The minimum atomic E-state index is -3.38. The van der Waals surface area contributed by atoms with Crippen LogP contribution >= 0.6 is 11.6 Å². The molecule has 2 heterocycles. The lowest BCUT2D eigenvalue weighted by molar-refractivity contribution is 0.299. The number of sulfone groups is 1. The Morgan fingerprint density at radius 2 is 1.88 bits per heavy atom. The average molecular weight is 501 g/mol. The Balaban J connectivity index is 0.000000302. The van der Waals surface area contributed by atoms with Crippen LogP contribution in [-0.4, -0.2) is 46.6 Å². The van der Waals surface area contributed by atoms with Gasteiger partial charge in [-0.15, -0.1) is 0 Å². The van der Waals surface area contributed by atoms with E-state index in [4.69, 9.17) is 22.4 Å². The second kappa shape index (κ2) is 11.1. The molecule has 5 N–H and O–H groups in total. The monoisotopic (exact) mass is 500 g/mol. The first-order chi connectivity index (χ1) is 16.2. The van der Waals surface area contributed by atoms with Crippen molar-refractivity contribution in [2.75, 3.05) is 23.9 Å². The number of aromatic amines is 1. The number of nitrogens with one attached hydrogen (secondary N) is 2. The SMILES string of the molecule is Cc1cc(-c2cnc(Nc3ccc(S(C)(=O)=O)c(Cl)c3)nc2N)n[nH]1.OCCc1ccccc1. The molecular formula is C23H25ClN6O3S. The molecule has 2 aromatic carbocycles. The molecule has 0 fully saturated rings. The van der Waals surface area contributed by atoms with Gasteiger partial charge in [-0.1, -0.05) is 41.9 Å². The molecule has 9 nitrogen and oxygen atoms in total. The summed E-state index contributed by atoms with van der Waals surface area (Å²) in [6, 6.07) is 16.3. The summed E-state index contributed by atoms with van der Waals surface area (Å²) in [6.45, 7) is 2.12. The lowest BCUT2D eigenvalue weighted by Crippen LogP contribution is -2.03. The zero-order valence-electron chi connectivity index (χ0n) is 18.7. The van der Waals surface area contributed by atoms with Crippen LogP contribution in [0, 0.1) is 6.92 Å². The van der Waals surface area contributed by atoms with Gasteiger partial charge in [0.1, 0.15) is 5.82 Å². The van der Waals surface area contributed by atoms with Gasteiger partial charge in [-0.3, -0.25) is 5.10 Å². The van der Waals surface area contributed by atoms with Gasteiger partial charge >= 0.3 is 0 Å². The number of hydrogen-bond donors (Lipinski definition) is 4. The summed E-state index contributed by atoms with van der Waals surface area (Å²) in [6.07, 6.45) is 3.42. The number of rotatable bonds is 6. The third-order valence-electron chi connectivity index (χ3n) is 4.63. The molecule has 0 unspecified atom stereocenters. The standard InChI is InChI=1S/C15H15ClN6O2S.C8H10O/c1-8-5-12(22-21-8)10-7-18-15(20-14(10)17)19-9-3-4-13(11(16)6-9)25(2,23)24;9-7-6-8-4-2-1-3-5-8/h3-7H,1-2H3,(H,21,22)(H3,17,18,19,20);1-5,9H,6-7H2. The molecule has 4 aromatic rings. The number of aryl methyl sites for hydroxylation is 1. The fourth-order valence-corrected chi connectivity index (χ4v) is 4.32. The minimum absolute atomic E-state index is 0.0596. The second-order valence-corrected chi connectivity index (χ2v) is 9.82. The van der Waals surface area contributed by atoms with Crippen LogP contribution in [0.15, 0.2) is 65.7 Å². The predicted molar refractivity (Wildman–Crippen MR) is 134 cm³/mol. The molecule has 0 aliphatic carbocycles. The molecule has 11 heteroatoms. The molecule has 0 aliphatic heterocycles. The van der Waals surface area contributed by atoms with Crippen molar-refractivity contribution in [3.05, 3.63) is 77.1 Å². The van der Waals surface area contributed by atoms with Gasteiger partial charge in [-0.25, -0.2) is 13.4 Å². The van der Waals surface area contributed by atoms with Crippen LogP contribution in [0.2, 0.25) is 5.02 Å². The molecule has 4 rings (SSSR count). The molecule has 2 aromatic heterocycles. The number of aliphatic hydroxyl groups is 1. The molecule has 0 spiro atoms. The fraction of sp³-hybridized carbons (Fsp3) is 0.174. The van der Waals surface area contributed by atoms with Gasteiger partial charge < -0.3 is 16.2 Å². The number of aromatic nitrogens is 4. The van der Waals surface area contributed by atoms with Crippen molar-refractivity contribution in [1.29, 1.82) is 0 Å². The number of benzene rings is 2. The first-order valence-corrected chi connectivity index (χ1v) is 12.5. The highest BCUT2D eigenvalue weighted by Gasteiger charge is 2.14. The summed E-state index contributed by atoms with van der Waals surface area (Å²) >= 11 is 6.02. The van der Waals surface area contributed by atoms with Crippen molar-refractivity contribution in [2.45, 2.75) is 18.2 Å². The number of aliphatic hydroxyl groups excluding tert-OH is 1. The van der Waals surface area contributed by atoms with Crippen molar-refractivity contribution in [3.8, 4) is 11.3 Å². The van der Waals surface area contributed by atoms with Gasteiger partial charge in [-0.05, 0) is 43.2 Å². The van der Waals surface area contributed by atoms with Gasteiger partial charge in [0.05, 0.1) is 21.2 Å². The number of nitrogens with zero attached hydrogens (tertiary/aromatic N) is 3. The van der Waals surface area contributed by atoms with Crippen LogP contribution < -0.4 is 11.1 Å². The van der Waals surface area contributed by atoms with Gasteiger partial charge in [0.2, 0.25) is 5.95 Å². The van der Waals surface area contributed by atoms with Crippen molar-refractivity contribution < 1.29 is 13.5 Å². The largest absolute Gasteiger partial charge is 0.396 e. The number of H-pyrrole nitrogens is 1. The first-order valence-electron chi connectivity index (χ1n) is 10.2. The highest BCUT2D eigenvalue weighted by molar-refractivity contribution is 7.90. The van der Waals surface area contributed by atoms with Crippen LogP contribution in [0.4, 0.5) is 17.5 Å². The van der Waals surface area contributed by atoms with Crippen LogP contribution in [-0.2, 0) is 16.3 Å². The molecule has 0 radical (unpaired) electrons. The number of nitrogens with two attached hydrogens (primary N) is 1. The molecule has 0 saturated carbocycles. The number of hydrogen-bond acceptors (Lipinski definition) is 8. The van der Waals surface area contributed by atoms with Crippen LogP contribution in [0.3, 0.4) is 0 Å². The maximum Gasteiger partial charge on any atom is 0.229 e. The van der Waals surface area contributed by atoms with Crippen molar-refractivity contribution in [3.63, 3.8) is 0 Å². The Morgan fingerprint density at radius 1 is 1.15 bits per heavy atom.